The highest BCUT2D eigenvalue weighted by Crippen LogP contribution is 2.32. The Morgan fingerprint density at radius 1 is 0.462 bits per heavy atom. The number of ether oxygens (including phenoxy) is 8. The van der Waals surface area contributed by atoms with Gasteiger partial charge in [-0.15, -0.1) is 0 Å². The topological polar surface area (TPSA) is 374 Å². The van der Waals surface area contributed by atoms with Crippen LogP contribution in [0.15, 0.2) is 12.2 Å². The highest BCUT2D eigenvalue weighted by molar-refractivity contribution is 5.69. The number of esters is 1. The summed E-state index contributed by atoms with van der Waals surface area (Å²) in [5.41, 5.74) is 0. The van der Waals surface area contributed by atoms with E-state index in [0.717, 1.165) is 64.2 Å². The number of carbonyl (C=O) groups excluding carboxylic acids is 1. The van der Waals surface area contributed by atoms with Crippen LogP contribution < -0.4 is 0 Å². The second-order valence-electron chi connectivity index (χ2n) is 17.2. The number of rotatable bonds is 26. The van der Waals surface area contributed by atoms with E-state index in [0.29, 0.717) is 12.8 Å². The molecule has 0 aromatic heterocycles. The lowest BCUT2D eigenvalue weighted by Gasteiger charge is -2.46. The lowest BCUT2D eigenvalue weighted by Crippen LogP contribution is -2.64. The van der Waals surface area contributed by atoms with Gasteiger partial charge in [0.25, 0.3) is 0 Å². The van der Waals surface area contributed by atoms with E-state index >= 15 is 0 Å². The maximum absolute atomic E-state index is 12.7. The van der Waals surface area contributed by atoms with E-state index in [9.17, 15) is 76.3 Å². The predicted octanol–water partition coefficient (Wildman–Crippen LogP) is -4.19. The zero-order valence-corrected chi connectivity index (χ0v) is 36.7. The van der Waals surface area contributed by atoms with Crippen LogP contribution in [0.5, 0.6) is 0 Å². The molecule has 21 atom stereocenters. The van der Waals surface area contributed by atoms with Crippen LogP contribution in [0.2, 0.25) is 0 Å². The average molecular weight is 947 g/mol. The van der Waals surface area contributed by atoms with Gasteiger partial charge in [-0.2, -0.15) is 0 Å². The van der Waals surface area contributed by atoms with Crippen molar-refractivity contribution in [1.82, 2.24) is 0 Å². The highest BCUT2D eigenvalue weighted by atomic mass is 16.8. The van der Waals surface area contributed by atoms with Gasteiger partial charge in [-0.25, -0.2) is 0 Å². The van der Waals surface area contributed by atoms with Gasteiger partial charge in [0.05, 0.1) is 32.5 Å². The SMILES string of the molecule is CC(CCCCCC/C=C\CCCCCCCC(=O)O[C@@H]1OC(CO)[C@@H](O)C(O)C1O[C@@H]1OC(CO)[C@@H](O)C(O)C1O)O[C@@H]1O[C@H](CO)[C@@H](O)C(O)C1O[C@@H]1OC(CO)[C@@H](O)C(O)C1O. The van der Waals surface area contributed by atoms with Crippen LogP contribution >= 0.6 is 0 Å². The summed E-state index contributed by atoms with van der Waals surface area (Å²) >= 11 is 0. The molecule has 0 aromatic carbocycles. The Labute approximate surface area is 377 Å². The molecule has 14 N–H and O–H groups in total. The number of aliphatic hydroxyl groups is 14. The molecule has 0 bridgehead atoms. The molecule has 4 heterocycles. The fourth-order valence-electron chi connectivity index (χ4n) is 8.11. The van der Waals surface area contributed by atoms with Crippen molar-refractivity contribution in [2.24, 2.45) is 0 Å². The number of aliphatic hydroxyl groups excluding tert-OH is 14. The third kappa shape index (κ3) is 15.7. The molecule has 0 aliphatic carbocycles. The average Bonchev–Trinajstić information content (AvgIpc) is 3.29. The molecule has 0 amide bonds. The van der Waals surface area contributed by atoms with Gasteiger partial charge in [0, 0.05) is 6.42 Å². The summed E-state index contributed by atoms with van der Waals surface area (Å²) in [6, 6.07) is 0. The predicted molar refractivity (Wildman–Crippen MR) is 219 cm³/mol. The molecule has 4 fully saturated rings. The normalized spacial score (nSPS) is 40.8. The summed E-state index contributed by atoms with van der Waals surface area (Å²) in [4.78, 5) is 12.7. The Hall–Kier alpha value is -1.63. The number of hydrogen-bond acceptors (Lipinski definition) is 23. The molecule has 65 heavy (non-hydrogen) atoms. The van der Waals surface area contributed by atoms with E-state index < -0.39 is 161 Å². The van der Waals surface area contributed by atoms with Crippen LogP contribution in [0.3, 0.4) is 0 Å². The lowest BCUT2D eigenvalue weighted by atomic mass is 9.97. The van der Waals surface area contributed by atoms with E-state index in [1.165, 1.54) is 0 Å². The van der Waals surface area contributed by atoms with Crippen LogP contribution in [-0.4, -0.2) is 233 Å². The standard InChI is InChI=1S/C42H74O23/c1-21(58-41-37(33(54)29(50)24(19-45)61-41)64-39-35(56)31(52)27(48)22(17-43)59-39)15-13-11-9-7-5-3-2-4-6-8-10-12-14-16-26(47)63-42-38(34(55)30(51)25(20-46)62-42)65-40-36(57)32(53)28(49)23(18-44)60-40/h2-3,21-25,27-46,48-57H,4-20H2,1H3/b3-2-/t21?,22?,23?,24-,25?,27-,28-,29-,30-,31?,32?,33?,34?,35?,36?,37?,38?,39+,40+,41-,42+/m1/s1. The first-order chi connectivity index (χ1) is 31.1. The minimum Gasteiger partial charge on any atom is -0.433 e. The third-order valence-corrected chi connectivity index (χ3v) is 12.2. The van der Waals surface area contributed by atoms with Crippen molar-refractivity contribution in [2.75, 3.05) is 26.4 Å². The van der Waals surface area contributed by atoms with Crippen LogP contribution in [0.25, 0.3) is 0 Å². The van der Waals surface area contributed by atoms with Crippen molar-refractivity contribution in [3.63, 3.8) is 0 Å². The third-order valence-electron chi connectivity index (χ3n) is 12.2. The lowest BCUT2D eigenvalue weighted by molar-refractivity contribution is -0.371. The maximum atomic E-state index is 12.7. The smallest absolute Gasteiger partial charge is 0.308 e. The molecular formula is C42H74O23. The zero-order chi connectivity index (χ0) is 47.8. The minimum absolute atomic E-state index is 0.0000180. The molecule has 4 aliphatic heterocycles. The quantitative estimate of drug-likeness (QED) is 0.0222. The first-order valence-corrected chi connectivity index (χ1v) is 22.7. The van der Waals surface area contributed by atoms with Gasteiger partial charge < -0.3 is 109 Å². The molecule has 0 aromatic rings. The van der Waals surface area contributed by atoms with Crippen molar-refractivity contribution in [2.45, 2.75) is 219 Å². The molecule has 12 unspecified atom stereocenters. The van der Waals surface area contributed by atoms with Crippen molar-refractivity contribution in [3.8, 4) is 0 Å². The molecule has 0 spiro atoms. The Morgan fingerprint density at radius 3 is 1.29 bits per heavy atom. The molecule has 4 aliphatic rings. The van der Waals surface area contributed by atoms with E-state index in [1.807, 2.05) is 0 Å². The van der Waals surface area contributed by atoms with E-state index in [-0.39, 0.29) is 6.42 Å². The van der Waals surface area contributed by atoms with Gasteiger partial charge in [-0.1, -0.05) is 50.7 Å². The second kappa shape index (κ2) is 28.1. The minimum atomic E-state index is -1.83. The summed E-state index contributed by atoms with van der Waals surface area (Å²) in [7, 11) is 0. The largest absolute Gasteiger partial charge is 0.433 e. The van der Waals surface area contributed by atoms with Gasteiger partial charge in [0.2, 0.25) is 6.29 Å². The number of carbonyl (C=O) groups is 1. The first kappa shape index (κ1) is 56.0. The van der Waals surface area contributed by atoms with E-state index in [2.05, 4.69) is 12.2 Å². The fraction of sp³-hybridized carbons (Fsp3) is 0.929. The highest BCUT2D eigenvalue weighted by Gasteiger charge is 2.53. The zero-order valence-electron chi connectivity index (χ0n) is 36.7. The van der Waals surface area contributed by atoms with Crippen LogP contribution in [-0.2, 0) is 42.7 Å². The summed E-state index contributed by atoms with van der Waals surface area (Å²) < 4.78 is 44.6. The molecule has 4 rings (SSSR count). The Morgan fingerprint density at radius 2 is 0.831 bits per heavy atom. The molecule has 0 radical (unpaired) electrons. The molecule has 4 saturated heterocycles. The molecule has 0 saturated carbocycles. The monoisotopic (exact) mass is 946 g/mol. The van der Waals surface area contributed by atoms with Gasteiger partial charge >= 0.3 is 5.97 Å². The molecular weight excluding hydrogens is 872 g/mol. The number of allylic oxidation sites excluding steroid dienone is 2. The summed E-state index contributed by atoms with van der Waals surface area (Å²) in [6.45, 7) is -0.969. The Bertz CT molecular complexity index is 1360. The number of hydrogen-bond donors (Lipinski definition) is 14. The van der Waals surface area contributed by atoms with E-state index in [4.69, 9.17) is 37.9 Å². The second-order valence-corrected chi connectivity index (χ2v) is 17.2. The van der Waals surface area contributed by atoms with Gasteiger partial charge in [-0.3, -0.25) is 4.79 Å². The molecule has 380 valence electrons. The molecule has 23 nitrogen and oxygen atoms in total. The molecule has 23 heteroatoms. The van der Waals surface area contributed by atoms with Crippen molar-refractivity contribution < 1.29 is 114 Å². The van der Waals surface area contributed by atoms with Crippen molar-refractivity contribution >= 4 is 5.97 Å². The van der Waals surface area contributed by atoms with Gasteiger partial charge in [0.1, 0.15) is 91.6 Å². The maximum Gasteiger partial charge on any atom is 0.308 e. The van der Waals surface area contributed by atoms with Crippen LogP contribution in [0.4, 0.5) is 0 Å². The summed E-state index contributed by atoms with van der Waals surface area (Å²) in [5.74, 6) is -0.701. The van der Waals surface area contributed by atoms with Crippen LogP contribution in [0, 0.1) is 0 Å². The van der Waals surface area contributed by atoms with Gasteiger partial charge in [0.15, 0.2) is 25.0 Å². The van der Waals surface area contributed by atoms with Crippen molar-refractivity contribution in [3.05, 3.63) is 12.2 Å². The van der Waals surface area contributed by atoms with Crippen molar-refractivity contribution in [1.29, 1.82) is 0 Å². The summed E-state index contributed by atoms with van der Waals surface area (Å²) in [6.07, 6.45) is -17.4. The number of unbranched alkanes of at least 4 members (excludes halogenated alkanes) is 9. The van der Waals surface area contributed by atoms with E-state index in [1.54, 1.807) is 6.92 Å². The Balaban J connectivity index is 1.06. The van der Waals surface area contributed by atoms with Gasteiger partial charge in [-0.05, 0) is 45.4 Å². The van der Waals surface area contributed by atoms with Crippen LogP contribution in [0.1, 0.15) is 90.4 Å². The Kier molecular flexibility index (Phi) is 24.2. The summed E-state index contributed by atoms with van der Waals surface area (Å²) in [5, 5.41) is 142. The fourth-order valence-corrected chi connectivity index (χ4v) is 8.11. The first-order valence-electron chi connectivity index (χ1n) is 22.7.